The van der Waals surface area contributed by atoms with E-state index in [0.717, 1.165) is 12.8 Å². The van der Waals surface area contributed by atoms with Gasteiger partial charge in [0.05, 0.1) is 6.61 Å². The van der Waals surface area contributed by atoms with Crippen molar-refractivity contribution < 1.29 is 14.6 Å². The summed E-state index contributed by atoms with van der Waals surface area (Å²) in [6.45, 7) is 5.85. The lowest BCUT2D eigenvalue weighted by atomic mass is 9.97. The van der Waals surface area contributed by atoms with Gasteiger partial charge in [0.1, 0.15) is 0 Å². The molecule has 18 heavy (non-hydrogen) atoms. The van der Waals surface area contributed by atoms with Crippen LogP contribution in [0.25, 0.3) is 0 Å². The van der Waals surface area contributed by atoms with Gasteiger partial charge < -0.3 is 9.84 Å². The fourth-order valence-corrected chi connectivity index (χ4v) is 1.99. The zero-order valence-electron chi connectivity index (χ0n) is 12.3. The van der Waals surface area contributed by atoms with Crippen LogP contribution in [0.5, 0.6) is 0 Å². The Morgan fingerprint density at radius 2 is 1.50 bits per heavy atom. The maximum absolute atomic E-state index is 11.4. The van der Waals surface area contributed by atoms with Crippen LogP contribution in [0, 0.1) is 0 Å². The number of hydrogen-bond donors (Lipinski definition) is 1. The van der Waals surface area contributed by atoms with Crippen LogP contribution in [0.15, 0.2) is 0 Å². The Labute approximate surface area is 112 Å². The molecule has 0 amide bonds. The molecular formula is C15H30O3. The molecule has 0 aliphatic heterocycles. The molecule has 0 aromatic rings. The molecule has 3 heteroatoms. The highest BCUT2D eigenvalue weighted by molar-refractivity contribution is 5.78. The summed E-state index contributed by atoms with van der Waals surface area (Å²) in [6, 6.07) is 0. The van der Waals surface area contributed by atoms with E-state index < -0.39 is 11.6 Å². The Kier molecular flexibility index (Phi) is 10.0. The first-order chi connectivity index (χ1) is 8.54. The zero-order chi connectivity index (χ0) is 13.9. The summed E-state index contributed by atoms with van der Waals surface area (Å²) in [5.41, 5.74) is -1.31. The first-order valence-electron chi connectivity index (χ1n) is 7.44. The molecule has 0 aromatic carbocycles. The Morgan fingerprint density at radius 3 is 2.00 bits per heavy atom. The molecule has 1 atom stereocenters. The molecule has 0 aliphatic rings. The van der Waals surface area contributed by atoms with Crippen LogP contribution in [-0.4, -0.2) is 23.3 Å². The van der Waals surface area contributed by atoms with E-state index in [2.05, 4.69) is 6.92 Å². The van der Waals surface area contributed by atoms with Gasteiger partial charge in [-0.25, -0.2) is 4.79 Å². The van der Waals surface area contributed by atoms with Crippen molar-refractivity contribution in [3.63, 3.8) is 0 Å². The average Bonchev–Trinajstić information content (AvgIpc) is 2.33. The van der Waals surface area contributed by atoms with E-state index in [1.165, 1.54) is 38.5 Å². The minimum Gasteiger partial charge on any atom is -0.464 e. The molecule has 0 saturated carbocycles. The summed E-state index contributed by atoms with van der Waals surface area (Å²) in [4.78, 5) is 11.4. The van der Waals surface area contributed by atoms with Crippen LogP contribution in [0.4, 0.5) is 0 Å². The number of aliphatic hydroxyl groups is 1. The van der Waals surface area contributed by atoms with Crippen molar-refractivity contribution in [2.45, 2.75) is 84.2 Å². The van der Waals surface area contributed by atoms with Crippen molar-refractivity contribution >= 4 is 5.97 Å². The van der Waals surface area contributed by atoms with Crippen LogP contribution in [0.1, 0.15) is 78.6 Å². The van der Waals surface area contributed by atoms with Crippen LogP contribution in [0.3, 0.4) is 0 Å². The first-order valence-corrected chi connectivity index (χ1v) is 7.44. The second-order valence-corrected chi connectivity index (χ2v) is 5.22. The van der Waals surface area contributed by atoms with Gasteiger partial charge in [0, 0.05) is 0 Å². The van der Waals surface area contributed by atoms with Gasteiger partial charge in [-0.3, -0.25) is 0 Å². The summed E-state index contributed by atoms with van der Waals surface area (Å²) in [5.74, 6) is -0.493. The lowest BCUT2D eigenvalue weighted by Crippen LogP contribution is -2.36. The summed E-state index contributed by atoms with van der Waals surface area (Å²) in [5, 5.41) is 9.91. The Balaban J connectivity index is 3.49. The predicted octanol–water partition coefficient (Wildman–Crippen LogP) is 3.83. The highest BCUT2D eigenvalue weighted by Gasteiger charge is 2.30. The lowest BCUT2D eigenvalue weighted by molar-refractivity contribution is -0.163. The Bertz CT molecular complexity index is 212. The van der Waals surface area contributed by atoms with Gasteiger partial charge >= 0.3 is 5.97 Å². The summed E-state index contributed by atoms with van der Waals surface area (Å²) in [6.07, 6.45) is 10.2. The molecule has 0 saturated heterocycles. The molecule has 0 rings (SSSR count). The number of hydrogen-bond acceptors (Lipinski definition) is 3. The van der Waals surface area contributed by atoms with Crippen molar-refractivity contribution in [2.75, 3.05) is 6.61 Å². The van der Waals surface area contributed by atoms with E-state index in [0.29, 0.717) is 13.0 Å². The van der Waals surface area contributed by atoms with Crippen molar-refractivity contribution in [3.05, 3.63) is 0 Å². The van der Waals surface area contributed by atoms with Crippen molar-refractivity contribution in [1.82, 2.24) is 0 Å². The third-order valence-corrected chi connectivity index (χ3v) is 3.23. The van der Waals surface area contributed by atoms with Crippen LogP contribution < -0.4 is 0 Å². The highest BCUT2D eigenvalue weighted by atomic mass is 16.5. The number of unbranched alkanes of at least 4 members (excludes halogenated alkanes) is 7. The quantitative estimate of drug-likeness (QED) is 0.452. The molecule has 0 bridgehead atoms. The topological polar surface area (TPSA) is 46.5 Å². The van der Waals surface area contributed by atoms with E-state index in [9.17, 15) is 9.90 Å². The molecule has 0 radical (unpaired) electrons. The van der Waals surface area contributed by atoms with Crippen molar-refractivity contribution in [3.8, 4) is 0 Å². The molecule has 0 fully saturated rings. The smallest absolute Gasteiger partial charge is 0.337 e. The van der Waals surface area contributed by atoms with Gasteiger partial charge in [-0.15, -0.1) is 0 Å². The fourth-order valence-electron chi connectivity index (χ4n) is 1.99. The predicted molar refractivity (Wildman–Crippen MR) is 74.5 cm³/mol. The number of rotatable bonds is 11. The minimum atomic E-state index is -1.31. The van der Waals surface area contributed by atoms with Crippen LogP contribution >= 0.6 is 0 Å². The van der Waals surface area contributed by atoms with Gasteiger partial charge in [-0.05, 0) is 26.7 Å². The molecule has 0 aliphatic carbocycles. The molecule has 1 N–H and O–H groups in total. The minimum absolute atomic E-state index is 0.326. The lowest BCUT2D eigenvalue weighted by Gasteiger charge is -2.20. The number of ether oxygens (including phenoxy) is 1. The van der Waals surface area contributed by atoms with Gasteiger partial charge in [0.25, 0.3) is 0 Å². The van der Waals surface area contributed by atoms with Crippen molar-refractivity contribution in [2.24, 2.45) is 0 Å². The van der Waals surface area contributed by atoms with Crippen LogP contribution in [-0.2, 0) is 9.53 Å². The molecule has 3 nitrogen and oxygen atoms in total. The first kappa shape index (κ1) is 17.4. The number of carbonyl (C=O) groups is 1. The van der Waals surface area contributed by atoms with E-state index in [-0.39, 0.29) is 0 Å². The molecule has 0 aromatic heterocycles. The number of carbonyl (C=O) groups excluding carboxylic acids is 1. The average molecular weight is 258 g/mol. The second-order valence-electron chi connectivity index (χ2n) is 5.22. The van der Waals surface area contributed by atoms with E-state index in [4.69, 9.17) is 4.74 Å². The monoisotopic (exact) mass is 258 g/mol. The normalized spacial score (nSPS) is 14.2. The summed E-state index contributed by atoms with van der Waals surface area (Å²) in [7, 11) is 0. The van der Waals surface area contributed by atoms with Gasteiger partial charge in [0.2, 0.25) is 0 Å². The van der Waals surface area contributed by atoms with Gasteiger partial charge in [-0.2, -0.15) is 0 Å². The second kappa shape index (κ2) is 10.4. The highest BCUT2D eigenvalue weighted by Crippen LogP contribution is 2.17. The van der Waals surface area contributed by atoms with E-state index >= 15 is 0 Å². The fraction of sp³-hybridized carbons (Fsp3) is 0.933. The van der Waals surface area contributed by atoms with Gasteiger partial charge in [0.15, 0.2) is 5.60 Å². The maximum atomic E-state index is 11.4. The Morgan fingerprint density at radius 1 is 1.00 bits per heavy atom. The zero-order valence-corrected chi connectivity index (χ0v) is 12.3. The maximum Gasteiger partial charge on any atom is 0.337 e. The molecule has 1 unspecified atom stereocenters. The van der Waals surface area contributed by atoms with Crippen molar-refractivity contribution in [1.29, 1.82) is 0 Å². The standard InChI is InChI=1S/C15H30O3/c1-4-6-7-8-9-10-11-12-13-15(3,17)14(16)18-5-2/h17H,4-13H2,1-3H3. The Hall–Kier alpha value is -0.570. The largest absolute Gasteiger partial charge is 0.464 e. The summed E-state index contributed by atoms with van der Waals surface area (Å²) < 4.78 is 4.84. The molecule has 0 spiro atoms. The third-order valence-electron chi connectivity index (χ3n) is 3.23. The van der Waals surface area contributed by atoms with E-state index in [1.807, 2.05) is 0 Å². The SMILES string of the molecule is CCCCCCCCCCC(C)(O)C(=O)OCC. The third kappa shape index (κ3) is 8.51. The van der Waals surface area contributed by atoms with E-state index in [1.54, 1.807) is 13.8 Å². The number of esters is 1. The van der Waals surface area contributed by atoms with Gasteiger partial charge in [-0.1, -0.05) is 51.9 Å². The molecule has 108 valence electrons. The van der Waals surface area contributed by atoms with Crippen LogP contribution in [0.2, 0.25) is 0 Å². The summed E-state index contributed by atoms with van der Waals surface area (Å²) >= 11 is 0. The molecule has 0 heterocycles. The molecular weight excluding hydrogens is 228 g/mol.